The fourth-order valence-corrected chi connectivity index (χ4v) is 2.03. The van der Waals surface area contributed by atoms with Crippen LogP contribution in [0.5, 0.6) is 0 Å². The molecule has 0 spiro atoms. The number of hydrogen-bond acceptors (Lipinski definition) is 3. The highest BCUT2D eigenvalue weighted by atomic mass is 16.4. The van der Waals surface area contributed by atoms with E-state index in [1.54, 1.807) is 13.0 Å². The van der Waals surface area contributed by atoms with Crippen LogP contribution in [0.3, 0.4) is 0 Å². The van der Waals surface area contributed by atoms with Crippen molar-refractivity contribution in [3.05, 3.63) is 48.4 Å². The summed E-state index contributed by atoms with van der Waals surface area (Å²) in [5.74, 6) is -0.973. The summed E-state index contributed by atoms with van der Waals surface area (Å²) in [5, 5.41) is 11.4. The molecular formula is C16H17NO4. The van der Waals surface area contributed by atoms with Gasteiger partial charge >= 0.3 is 5.97 Å². The van der Waals surface area contributed by atoms with E-state index in [1.165, 1.54) is 6.26 Å². The molecule has 0 bridgehead atoms. The van der Waals surface area contributed by atoms with E-state index < -0.39 is 5.97 Å². The van der Waals surface area contributed by atoms with Crippen LogP contribution >= 0.6 is 0 Å². The minimum atomic E-state index is -0.876. The molecule has 1 aromatic carbocycles. The van der Waals surface area contributed by atoms with Gasteiger partial charge in [0.1, 0.15) is 0 Å². The van der Waals surface area contributed by atoms with Crippen molar-refractivity contribution >= 4 is 11.9 Å². The van der Waals surface area contributed by atoms with Gasteiger partial charge in [-0.15, -0.1) is 0 Å². The van der Waals surface area contributed by atoms with Gasteiger partial charge in [0.15, 0.2) is 5.76 Å². The van der Waals surface area contributed by atoms with Gasteiger partial charge < -0.3 is 14.8 Å². The molecule has 1 amide bonds. The maximum absolute atomic E-state index is 12.2. The van der Waals surface area contributed by atoms with Gasteiger partial charge in [-0.1, -0.05) is 30.3 Å². The van der Waals surface area contributed by atoms with Crippen LogP contribution in [0.2, 0.25) is 0 Å². The van der Waals surface area contributed by atoms with E-state index in [-0.39, 0.29) is 24.1 Å². The second-order valence-corrected chi connectivity index (χ2v) is 4.84. The van der Waals surface area contributed by atoms with Gasteiger partial charge in [0.25, 0.3) is 5.91 Å². The Morgan fingerprint density at radius 3 is 2.62 bits per heavy atom. The van der Waals surface area contributed by atoms with E-state index in [1.807, 2.05) is 30.3 Å². The lowest BCUT2D eigenvalue weighted by molar-refractivity contribution is -0.137. The maximum atomic E-state index is 12.2. The summed E-state index contributed by atoms with van der Waals surface area (Å²) in [6, 6.07) is 11.0. The Hall–Kier alpha value is -2.56. The molecule has 1 aromatic heterocycles. The van der Waals surface area contributed by atoms with E-state index in [0.29, 0.717) is 6.42 Å². The highest BCUT2D eigenvalue weighted by Crippen LogP contribution is 2.24. The van der Waals surface area contributed by atoms with Crippen molar-refractivity contribution in [1.82, 2.24) is 5.32 Å². The van der Waals surface area contributed by atoms with Gasteiger partial charge in [0, 0.05) is 18.0 Å². The first-order valence-corrected chi connectivity index (χ1v) is 6.73. The summed E-state index contributed by atoms with van der Waals surface area (Å²) in [6.07, 6.45) is 1.87. The topological polar surface area (TPSA) is 79.5 Å². The van der Waals surface area contributed by atoms with E-state index in [4.69, 9.17) is 9.52 Å². The van der Waals surface area contributed by atoms with Crippen molar-refractivity contribution in [3.63, 3.8) is 0 Å². The van der Waals surface area contributed by atoms with Crippen LogP contribution in [-0.4, -0.2) is 23.0 Å². The smallest absolute Gasteiger partial charge is 0.303 e. The third kappa shape index (κ3) is 3.95. The number of benzene rings is 1. The van der Waals surface area contributed by atoms with Crippen molar-refractivity contribution in [2.75, 3.05) is 0 Å². The number of rotatable bonds is 6. The zero-order chi connectivity index (χ0) is 15.2. The first-order chi connectivity index (χ1) is 10.1. The molecule has 110 valence electrons. The van der Waals surface area contributed by atoms with Gasteiger partial charge in [0.05, 0.1) is 6.26 Å². The number of carboxylic acid groups (broad SMARTS) is 1. The maximum Gasteiger partial charge on any atom is 0.303 e. The van der Waals surface area contributed by atoms with Gasteiger partial charge in [-0.2, -0.15) is 0 Å². The second-order valence-electron chi connectivity index (χ2n) is 4.84. The summed E-state index contributed by atoms with van der Waals surface area (Å²) >= 11 is 0. The molecule has 5 heteroatoms. The highest BCUT2D eigenvalue weighted by molar-refractivity contribution is 5.98. The average Bonchev–Trinajstić information content (AvgIpc) is 2.95. The van der Waals surface area contributed by atoms with Crippen LogP contribution in [0, 0.1) is 0 Å². The van der Waals surface area contributed by atoms with Crippen molar-refractivity contribution in [2.24, 2.45) is 0 Å². The third-order valence-corrected chi connectivity index (χ3v) is 3.12. The van der Waals surface area contributed by atoms with Crippen LogP contribution in [0.1, 0.15) is 30.3 Å². The SMILES string of the molecule is CC(CCC(=O)O)NC(=O)c1occc1-c1ccccc1. The summed E-state index contributed by atoms with van der Waals surface area (Å²) in [7, 11) is 0. The zero-order valence-corrected chi connectivity index (χ0v) is 11.7. The zero-order valence-electron chi connectivity index (χ0n) is 11.7. The molecule has 2 N–H and O–H groups in total. The molecule has 1 heterocycles. The fourth-order valence-electron chi connectivity index (χ4n) is 2.03. The Labute approximate surface area is 122 Å². The molecule has 2 rings (SSSR count). The number of hydrogen-bond donors (Lipinski definition) is 2. The van der Waals surface area contributed by atoms with Gasteiger partial charge in [-0.3, -0.25) is 9.59 Å². The van der Waals surface area contributed by atoms with E-state index in [2.05, 4.69) is 5.32 Å². The second kappa shape index (κ2) is 6.74. The quantitative estimate of drug-likeness (QED) is 0.856. The molecule has 0 fully saturated rings. The van der Waals surface area contributed by atoms with Crippen molar-refractivity contribution in [3.8, 4) is 11.1 Å². The molecule has 0 aliphatic rings. The predicted octanol–water partition coefficient (Wildman–Crippen LogP) is 2.93. The number of carboxylic acids is 1. The first-order valence-electron chi connectivity index (χ1n) is 6.73. The van der Waals surface area contributed by atoms with Crippen LogP contribution in [0.4, 0.5) is 0 Å². The monoisotopic (exact) mass is 287 g/mol. The summed E-state index contributed by atoms with van der Waals surface area (Å²) in [4.78, 5) is 22.7. The van der Waals surface area contributed by atoms with Gasteiger partial charge in [-0.05, 0) is 25.0 Å². The van der Waals surface area contributed by atoms with Crippen LogP contribution in [0.25, 0.3) is 11.1 Å². The lowest BCUT2D eigenvalue weighted by atomic mass is 10.1. The third-order valence-electron chi connectivity index (χ3n) is 3.12. The molecule has 0 aliphatic carbocycles. The fraction of sp³-hybridized carbons (Fsp3) is 0.250. The lowest BCUT2D eigenvalue weighted by Gasteiger charge is -2.12. The van der Waals surface area contributed by atoms with Gasteiger partial charge in [-0.25, -0.2) is 0 Å². The molecule has 0 saturated carbocycles. The number of furan rings is 1. The van der Waals surface area contributed by atoms with E-state index in [0.717, 1.165) is 11.1 Å². The van der Waals surface area contributed by atoms with Crippen molar-refractivity contribution in [2.45, 2.75) is 25.8 Å². The Morgan fingerprint density at radius 1 is 1.24 bits per heavy atom. The number of carbonyl (C=O) groups is 2. The Morgan fingerprint density at radius 2 is 1.95 bits per heavy atom. The average molecular weight is 287 g/mol. The lowest BCUT2D eigenvalue weighted by Crippen LogP contribution is -2.33. The standard InChI is InChI=1S/C16H17NO4/c1-11(7-8-14(18)19)17-16(20)15-13(9-10-21-15)12-5-3-2-4-6-12/h2-6,9-11H,7-8H2,1H3,(H,17,20)(H,18,19). The molecule has 0 saturated heterocycles. The molecule has 1 unspecified atom stereocenters. The summed E-state index contributed by atoms with van der Waals surface area (Å²) in [5.41, 5.74) is 1.62. The normalized spacial score (nSPS) is 11.9. The van der Waals surface area contributed by atoms with Crippen molar-refractivity contribution < 1.29 is 19.1 Å². The minimum Gasteiger partial charge on any atom is -0.481 e. The Kier molecular flexibility index (Phi) is 4.77. The summed E-state index contributed by atoms with van der Waals surface area (Å²) in [6.45, 7) is 1.77. The van der Waals surface area contributed by atoms with Crippen LogP contribution in [-0.2, 0) is 4.79 Å². The van der Waals surface area contributed by atoms with Crippen LogP contribution in [0.15, 0.2) is 47.1 Å². The highest BCUT2D eigenvalue weighted by Gasteiger charge is 2.18. The minimum absolute atomic E-state index is 0.0190. The Bertz CT molecular complexity index is 618. The van der Waals surface area contributed by atoms with Gasteiger partial charge in [0.2, 0.25) is 0 Å². The van der Waals surface area contributed by atoms with E-state index >= 15 is 0 Å². The molecule has 0 aliphatic heterocycles. The number of amides is 1. The number of aliphatic carboxylic acids is 1. The molecule has 5 nitrogen and oxygen atoms in total. The molecule has 21 heavy (non-hydrogen) atoms. The van der Waals surface area contributed by atoms with Crippen molar-refractivity contribution in [1.29, 1.82) is 0 Å². The first kappa shape index (κ1) is 14.8. The molecule has 0 radical (unpaired) electrons. The number of nitrogens with one attached hydrogen (secondary N) is 1. The Balaban J connectivity index is 2.07. The largest absolute Gasteiger partial charge is 0.481 e. The number of carbonyl (C=O) groups excluding carboxylic acids is 1. The molecular weight excluding hydrogens is 270 g/mol. The summed E-state index contributed by atoms with van der Waals surface area (Å²) < 4.78 is 5.28. The molecule has 2 aromatic rings. The van der Waals surface area contributed by atoms with E-state index in [9.17, 15) is 9.59 Å². The predicted molar refractivity (Wildman–Crippen MR) is 77.9 cm³/mol. The van der Waals surface area contributed by atoms with Crippen LogP contribution < -0.4 is 5.32 Å². The molecule has 1 atom stereocenters.